The lowest BCUT2D eigenvalue weighted by atomic mass is 9.62. The van der Waals surface area contributed by atoms with Crippen LogP contribution in [0.25, 0.3) is 0 Å². The molecule has 0 amide bonds. The second kappa shape index (κ2) is 8.30. The summed E-state index contributed by atoms with van der Waals surface area (Å²) in [5.74, 6) is -2.91. The number of methoxy groups -OCH3 is 1. The van der Waals surface area contributed by atoms with Crippen molar-refractivity contribution in [2.24, 2.45) is 5.41 Å². The predicted molar refractivity (Wildman–Crippen MR) is 112 cm³/mol. The molecule has 162 valence electrons. The Kier molecular flexibility index (Phi) is 5.70. The van der Waals surface area contributed by atoms with E-state index in [1.807, 2.05) is 0 Å². The van der Waals surface area contributed by atoms with Crippen molar-refractivity contribution in [3.8, 4) is 0 Å². The van der Waals surface area contributed by atoms with Gasteiger partial charge in [-0.15, -0.1) is 0 Å². The summed E-state index contributed by atoms with van der Waals surface area (Å²) in [6, 6.07) is 10.1. The van der Waals surface area contributed by atoms with Gasteiger partial charge in [-0.05, 0) is 48.2 Å². The minimum Gasteiger partial charge on any atom is -0.490 e. The van der Waals surface area contributed by atoms with Crippen molar-refractivity contribution in [1.29, 1.82) is 0 Å². The van der Waals surface area contributed by atoms with Gasteiger partial charge in [0.2, 0.25) is 12.3 Å². The zero-order chi connectivity index (χ0) is 22.2. The van der Waals surface area contributed by atoms with Gasteiger partial charge in [0.1, 0.15) is 5.76 Å². The molecule has 8 nitrogen and oxygen atoms in total. The van der Waals surface area contributed by atoms with E-state index in [2.05, 4.69) is 15.9 Å². The summed E-state index contributed by atoms with van der Waals surface area (Å²) in [5, 5.41) is 11.7. The van der Waals surface area contributed by atoms with Gasteiger partial charge in [0.05, 0.1) is 31.8 Å². The standard InChI is InChI=1S/C22H20BrNO7/c1-29-21(26)22(16(12-24(27)28)13-6-8-14(23)9-7-13)18(17-5-3-10-30-17)15-4-2-11-31-19(15)20(22)25/h3,5-10,16,18H,2,4,11-12H2,1H3/t16-,18-,22-/m0/s1. The number of esters is 1. The van der Waals surface area contributed by atoms with E-state index in [1.165, 1.54) is 13.4 Å². The molecule has 2 heterocycles. The number of furan rings is 1. The minimum atomic E-state index is -1.91. The average molecular weight is 490 g/mol. The molecule has 0 saturated heterocycles. The van der Waals surface area contributed by atoms with Crippen LogP contribution < -0.4 is 0 Å². The number of nitrogens with zero attached hydrogens (tertiary/aromatic N) is 1. The molecule has 0 spiro atoms. The number of ketones is 1. The number of hydrogen-bond donors (Lipinski definition) is 0. The number of hydrogen-bond acceptors (Lipinski definition) is 7. The first-order valence-electron chi connectivity index (χ1n) is 9.81. The molecule has 1 aromatic carbocycles. The normalized spacial score (nSPS) is 23.8. The van der Waals surface area contributed by atoms with E-state index in [0.29, 0.717) is 36.3 Å². The van der Waals surface area contributed by atoms with E-state index in [-0.39, 0.29) is 5.76 Å². The topological polar surface area (TPSA) is 109 Å². The molecule has 1 aliphatic heterocycles. The zero-order valence-corrected chi connectivity index (χ0v) is 18.3. The molecule has 1 aliphatic carbocycles. The number of Topliss-reactive ketones (excluding diaryl/α,β-unsaturated/α-hetero) is 1. The molecule has 1 aromatic heterocycles. The Morgan fingerprint density at radius 2 is 2.10 bits per heavy atom. The number of rotatable bonds is 6. The monoisotopic (exact) mass is 489 g/mol. The lowest BCUT2D eigenvalue weighted by molar-refractivity contribution is -0.485. The Hall–Kier alpha value is -2.94. The number of allylic oxidation sites excluding steroid dienone is 2. The fraction of sp³-hybridized carbons (Fsp3) is 0.364. The maximum Gasteiger partial charge on any atom is 0.321 e. The first-order chi connectivity index (χ1) is 14.9. The zero-order valence-electron chi connectivity index (χ0n) is 16.7. The highest BCUT2D eigenvalue weighted by Crippen LogP contribution is 2.60. The lowest BCUT2D eigenvalue weighted by Crippen LogP contribution is -2.49. The molecule has 2 aromatic rings. The largest absolute Gasteiger partial charge is 0.490 e. The maximum atomic E-state index is 13.9. The van der Waals surface area contributed by atoms with Crippen LogP contribution in [0.2, 0.25) is 0 Å². The molecule has 0 saturated carbocycles. The summed E-state index contributed by atoms with van der Waals surface area (Å²) in [6.07, 6.45) is 2.64. The SMILES string of the molecule is COC(=O)[C@]1([C@@H](C[N+](=O)[O-])c2ccc(Br)cc2)C(=O)C2=C(CCCO2)[C@H]1c1ccco1. The molecule has 2 aliphatic rings. The second-order valence-corrected chi connectivity index (χ2v) is 8.48. The van der Waals surface area contributed by atoms with Gasteiger partial charge in [0.15, 0.2) is 11.2 Å². The van der Waals surface area contributed by atoms with E-state index in [0.717, 1.165) is 4.47 Å². The molecule has 0 radical (unpaired) electrons. The van der Waals surface area contributed by atoms with Crippen LogP contribution in [0, 0.1) is 15.5 Å². The molecule has 0 unspecified atom stereocenters. The third kappa shape index (κ3) is 3.37. The molecular weight excluding hydrogens is 470 g/mol. The van der Waals surface area contributed by atoms with Crippen molar-refractivity contribution in [1.82, 2.24) is 0 Å². The van der Waals surface area contributed by atoms with Crippen LogP contribution in [-0.4, -0.2) is 36.9 Å². The van der Waals surface area contributed by atoms with Crippen LogP contribution in [0.5, 0.6) is 0 Å². The number of benzene rings is 1. The maximum absolute atomic E-state index is 13.9. The second-order valence-electron chi connectivity index (χ2n) is 7.56. The Morgan fingerprint density at radius 1 is 1.35 bits per heavy atom. The van der Waals surface area contributed by atoms with Crippen LogP contribution >= 0.6 is 15.9 Å². The summed E-state index contributed by atoms with van der Waals surface area (Å²) >= 11 is 3.35. The van der Waals surface area contributed by atoms with Gasteiger partial charge in [-0.1, -0.05) is 28.1 Å². The first kappa shape index (κ1) is 21.3. The Labute approximate surface area is 186 Å². The number of halogens is 1. The van der Waals surface area contributed by atoms with E-state index in [1.54, 1.807) is 36.4 Å². The third-order valence-electron chi connectivity index (χ3n) is 6.02. The highest BCUT2D eigenvalue weighted by molar-refractivity contribution is 9.10. The van der Waals surface area contributed by atoms with Crippen molar-refractivity contribution in [2.75, 3.05) is 20.3 Å². The number of carbonyl (C=O) groups excluding carboxylic acids is 2. The van der Waals surface area contributed by atoms with Gasteiger partial charge in [-0.25, -0.2) is 0 Å². The van der Waals surface area contributed by atoms with Crippen molar-refractivity contribution in [2.45, 2.75) is 24.7 Å². The molecule has 9 heteroatoms. The highest BCUT2D eigenvalue weighted by Gasteiger charge is 2.68. The third-order valence-corrected chi connectivity index (χ3v) is 6.55. The Morgan fingerprint density at radius 3 is 2.71 bits per heavy atom. The van der Waals surface area contributed by atoms with Crippen molar-refractivity contribution in [3.05, 3.63) is 79.9 Å². The first-order valence-corrected chi connectivity index (χ1v) is 10.6. The highest BCUT2D eigenvalue weighted by atomic mass is 79.9. The smallest absolute Gasteiger partial charge is 0.321 e. The number of nitro groups is 1. The van der Waals surface area contributed by atoms with Crippen LogP contribution in [0.4, 0.5) is 0 Å². The molecule has 3 atom stereocenters. The molecule has 31 heavy (non-hydrogen) atoms. The van der Waals surface area contributed by atoms with Crippen LogP contribution in [0.3, 0.4) is 0 Å². The van der Waals surface area contributed by atoms with Crippen LogP contribution in [-0.2, 0) is 19.1 Å². The van der Waals surface area contributed by atoms with E-state index in [4.69, 9.17) is 13.9 Å². The summed E-state index contributed by atoms with van der Waals surface area (Å²) in [4.78, 5) is 38.6. The average Bonchev–Trinajstić information content (AvgIpc) is 3.37. The molecule has 4 rings (SSSR count). The summed E-state index contributed by atoms with van der Waals surface area (Å²) in [6.45, 7) is -0.300. The molecule has 0 bridgehead atoms. The fourth-order valence-electron chi connectivity index (χ4n) is 4.81. The fourth-order valence-corrected chi connectivity index (χ4v) is 5.08. The van der Waals surface area contributed by atoms with E-state index in [9.17, 15) is 19.7 Å². The lowest BCUT2D eigenvalue weighted by Gasteiger charge is -2.36. The Balaban J connectivity index is 2.00. The van der Waals surface area contributed by atoms with E-state index >= 15 is 0 Å². The van der Waals surface area contributed by atoms with Gasteiger partial charge in [-0.2, -0.15) is 0 Å². The summed E-state index contributed by atoms with van der Waals surface area (Å²) in [7, 11) is 1.18. The molecular formula is C22H20BrNO7. The van der Waals surface area contributed by atoms with Gasteiger partial charge in [0, 0.05) is 9.40 Å². The van der Waals surface area contributed by atoms with Gasteiger partial charge < -0.3 is 13.9 Å². The molecule has 0 fully saturated rings. The van der Waals surface area contributed by atoms with Gasteiger partial charge >= 0.3 is 5.97 Å². The van der Waals surface area contributed by atoms with Gasteiger partial charge in [0.25, 0.3) is 0 Å². The Bertz CT molecular complexity index is 1040. The summed E-state index contributed by atoms with van der Waals surface area (Å²) < 4.78 is 17.3. The van der Waals surface area contributed by atoms with Crippen LogP contribution in [0.1, 0.15) is 36.0 Å². The van der Waals surface area contributed by atoms with Gasteiger partial charge in [-0.3, -0.25) is 19.7 Å². The molecule has 0 N–H and O–H groups in total. The predicted octanol–water partition coefficient (Wildman–Crippen LogP) is 3.99. The summed E-state index contributed by atoms with van der Waals surface area (Å²) in [5.41, 5.74) is -0.806. The van der Waals surface area contributed by atoms with Crippen molar-refractivity contribution in [3.63, 3.8) is 0 Å². The quantitative estimate of drug-likeness (QED) is 0.261. The number of ether oxygens (including phenoxy) is 2. The van der Waals surface area contributed by atoms with E-state index < -0.39 is 40.5 Å². The minimum absolute atomic E-state index is 0.100. The van der Waals surface area contributed by atoms with Crippen molar-refractivity contribution < 1.29 is 28.4 Å². The van der Waals surface area contributed by atoms with Crippen molar-refractivity contribution >= 4 is 27.7 Å². The van der Waals surface area contributed by atoms with Crippen LogP contribution in [0.15, 0.2) is 62.9 Å². The number of carbonyl (C=O) groups is 2.